The quantitative estimate of drug-likeness (QED) is 0.924. The van der Waals surface area contributed by atoms with Crippen LogP contribution in [-0.2, 0) is 17.6 Å². The molecule has 1 aliphatic carbocycles. The first-order valence-electron chi connectivity index (χ1n) is 7.74. The van der Waals surface area contributed by atoms with Crippen LogP contribution in [0.4, 0.5) is 0 Å². The molecule has 2 heterocycles. The van der Waals surface area contributed by atoms with Gasteiger partial charge >= 0.3 is 0 Å². The summed E-state index contributed by atoms with van der Waals surface area (Å²) in [5.41, 5.74) is 10.4. The Balaban J connectivity index is 1.75. The van der Waals surface area contributed by atoms with E-state index in [0.29, 0.717) is 11.9 Å². The Hall–Kier alpha value is -2.56. The molecular formula is C18H19N3O2. The third-order valence-electron chi connectivity index (χ3n) is 4.90. The SMILES string of the molecule is COc1ccc(-c2cccc3c2C[C@@]2(C3)N=C(N)O[C@@H]2C)cn1. The van der Waals surface area contributed by atoms with Gasteiger partial charge in [0.15, 0.2) is 0 Å². The number of aromatic nitrogens is 1. The topological polar surface area (TPSA) is 69.7 Å². The average Bonchev–Trinajstić information content (AvgIpc) is 3.06. The summed E-state index contributed by atoms with van der Waals surface area (Å²) in [6.07, 6.45) is 3.55. The van der Waals surface area contributed by atoms with Gasteiger partial charge in [-0.05, 0) is 29.7 Å². The number of amidine groups is 1. The van der Waals surface area contributed by atoms with Crippen molar-refractivity contribution < 1.29 is 9.47 Å². The predicted octanol–water partition coefficient (Wildman–Crippen LogP) is 2.33. The average molecular weight is 309 g/mol. The highest BCUT2D eigenvalue weighted by molar-refractivity contribution is 5.76. The third kappa shape index (κ3) is 2.15. The summed E-state index contributed by atoms with van der Waals surface area (Å²) in [7, 11) is 1.62. The van der Waals surface area contributed by atoms with Crippen LogP contribution in [-0.4, -0.2) is 29.8 Å². The number of hydrogen-bond acceptors (Lipinski definition) is 5. The van der Waals surface area contributed by atoms with Crippen LogP contribution in [0.25, 0.3) is 11.1 Å². The summed E-state index contributed by atoms with van der Waals surface area (Å²) < 4.78 is 10.7. The molecular weight excluding hydrogens is 290 g/mol. The highest BCUT2D eigenvalue weighted by atomic mass is 16.5. The van der Waals surface area contributed by atoms with E-state index in [1.54, 1.807) is 7.11 Å². The van der Waals surface area contributed by atoms with Crippen molar-refractivity contribution in [2.24, 2.45) is 10.7 Å². The van der Waals surface area contributed by atoms with Crippen molar-refractivity contribution in [2.75, 3.05) is 7.11 Å². The summed E-state index contributed by atoms with van der Waals surface area (Å²) in [6.45, 7) is 2.05. The van der Waals surface area contributed by atoms with Crippen molar-refractivity contribution in [3.05, 3.63) is 47.7 Å². The van der Waals surface area contributed by atoms with Crippen molar-refractivity contribution in [1.29, 1.82) is 0 Å². The van der Waals surface area contributed by atoms with Crippen molar-refractivity contribution in [3.63, 3.8) is 0 Å². The minimum Gasteiger partial charge on any atom is -0.481 e. The fourth-order valence-corrected chi connectivity index (χ4v) is 3.63. The molecule has 0 radical (unpaired) electrons. The molecule has 0 saturated carbocycles. The first kappa shape index (κ1) is 14.1. The van der Waals surface area contributed by atoms with Crippen LogP contribution in [0.5, 0.6) is 5.88 Å². The van der Waals surface area contributed by atoms with E-state index < -0.39 is 0 Å². The molecule has 1 aromatic carbocycles. The van der Waals surface area contributed by atoms with Crippen LogP contribution in [0.2, 0.25) is 0 Å². The van der Waals surface area contributed by atoms with E-state index in [2.05, 4.69) is 28.2 Å². The fraction of sp³-hybridized carbons (Fsp3) is 0.333. The molecule has 0 saturated heterocycles. The van der Waals surface area contributed by atoms with Crippen LogP contribution in [0, 0.1) is 0 Å². The molecule has 5 heteroatoms. The maximum absolute atomic E-state index is 5.80. The maximum atomic E-state index is 5.80. The molecule has 118 valence electrons. The molecule has 2 aliphatic rings. The van der Waals surface area contributed by atoms with Crippen LogP contribution in [0.1, 0.15) is 18.1 Å². The smallest absolute Gasteiger partial charge is 0.282 e. The maximum Gasteiger partial charge on any atom is 0.282 e. The predicted molar refractivity (Wildman–Crippen MR) is 88.5 cm³/mol. The number of methoxy groups -OCH3 is 1. The molecule has 2 N–H and O–H groups in total. The van der Waals surface area contributed by atoms with E-state index in [9.17, 15) is 0 Å². The van der Waals surface area contributed by atoms with Gasteiger partial charge in [0.05, 0.1) is 7.11 Å². The first-order valence-corrected chi connectivity index (χ1v) is 7.74. The number of nitrogens with two attached hydrogens (primary N) is 1. The lowest BCUT2D eigenvalue weighted by molar-refractivity contribution is 0.157. The van der Waals surface area contributed by atoms with Gasteiger partial charge in [0, 0.05) is 30.7 Å². The van der Waals surface area contributed by atoms with Crippen molar-refractivity contribution in [2.45, 2.75) is 31.4 Å². The molecule has 4 rings (SSSR count). The number of benzene rings is 1. The molecule has 2 atom stereocenters. The summed E-state index contributed by atoms with van der Waals surface area (Å²) in [5.74, 6) is 0.619. The van der Waals surface area contributed by atoms with Crippen molar-refractivity contribution in [3.8, 4) is 17.0 Å². The van der Waals surface area contributed by atoms with Gasteiger partial charge in [0.25, 0.3) is 6.02 Å². The summed E-state index contributed by atoms with van der Waals surface area (Å²) >= 11 is 0. The molecule has 1 spiro atoms. The van der Waals surface area contributed by atoms with Gasteiger partial charge in [-0.3, -0.25) is 0 Å². The zero-order valence-electron chi connectivity index (χ0n) is 13.2. The summed E-state index contributed by atoms with van der Waals surface area (Å²) in [5, 5.41) is 0. The minimum atomic E-state index is -0.261. The van der Waals surface area contributed by atoms with Crippen molar-refractivity contribution >= 4 is 6.02 Å². The van der Waals surface area contributed by atoms with Gasteiger partial charge in [-0.2, -0.15) is 0 Å². The zero-order valence-corrected chi connectivity index (χ0v) is 13.2. The van der Waals surface area contributed by atoms with Gasteiger partial charge < -0.3 is 15.2 Å². The van der Waals surface area contributed by atoms with E-state index in [0.717, 1.165) is 18.4 Å². The monoisotopic (exact) mass is 309 g/mol. The number of hydrogen-bond donors (Lipinski definition) is 1. The number of ether oxygens (including phenoxy) is 2. The largest absolute Gasteiger partial charge is 0.481 e. The Morgan fingerprint density at radius 3 is 2.78 bits per heavy atom. The molecule has 2 aromatic rings. The highest BCUT2D eigenvalue weighted by Gasteiger charge is 2.48. The second kappa shape index (κ2) is 4.98. The van der Waals surface area contributed by atoms with E-state index in [1.165, 1.54) is 16.7 Å². The van der Waals surface area contributed by atoms with E-state index in [4.69, 9.17) is 15.2 Å². The first-order chi connectivity index (χ1) is 11.1. The highest BCUT2D eigenvalue weighted by Crippen LogP contribution is 2.43. The Morgan fingerprint density at radius 1 is 1.26 bits per heavy atom. The molecule has 5 nitrogen and oxygen atoms in total. The van der Waals surface area contributed by atoms with Gasteiger partial charge in [0.2, 0.25) is 5.88 Å². The Morgan fingerprint density at radius 2 is 2.13 bits per heavy atom. The van der Waals surface area contributed by atoms with Crippen LogP contribution in [0.3, 0.4) is 0 Å². The lowest BCUT2D eigenvalue weighted by Crippen LogP contribution is -2.36. The summed E-state index contributed by atoms with van der Waals surface area (Å²) in [6, 6.07) is 10.6. The Labute approximate surface area is 135 Å². The normalized spacial score (nSPS) is 25.1. The van der Waals surface area contributed by atoms with Crippen LogP contribution in [0.15, 0.2) is 41.5 Å². The molecule has 0 fully saturated rings. The van der Waals surface area contributed by atoms with E-state index >= 15 is 0 Å². The lowest BCUT2D eigenvalue weighted by atomic mass is 9.90. The van der Waals surface area contributed by atoms with Gasteiger partial charge in [-0.25, -0.2) is 9.98 Å². The van der Waals surface area contributed by atoms with Crippen LogP contribution >= 0.6 is 0 Å². The Bertz CT molecular complexity index is 785. The Kier molecular flexibility index (Phi) is 3.04. The second-order valence-electron chi connectivity index (χ2n) is 6.20. The number of aliphatic imine (C=N–C) groups is 1. The minimum absolute atomic E-state index is 0.00302. The second-order valence-corrected chi connectivity index (χ2v) is 6.20. The summed E-state index contributed by atoms with van der Waals surface area (Å²) in [4.78, 5) is 8.93. The van der Waals surface area contributed by atoms with E-state index in [-0.39, 0.29) is 11.6 Å². The number of nitrogens with zero attached hydrogens (tertiary/aromatic N) is 2. The van der Waals surface area contributed by atoms with Gasteiger partial charge in [-0.15, -0.1) is 0 Å². The van der Waals surface area contributed by atoms with Gasteiger partial charge in [0.1, 0.15) is 11.6 Å². The van der Waals surface area contributed by atoms with E-state index in [1.807, 2.05) is 25.3 Å². The fourth-order valence-electron chi connectivity index (χ4n) is 3.63. The number of pyridine rings is 1. The molecule has 1 aliphatic heterocycles. The van der Waals surface area contributed by atoms with Crippen molar-refractivity contribution in [1.82, 2.24) is 4.98 Å². The number of rotatable bonds is 2. The molecule has 0 amide bonds. The molecule has 0 bridgehead atoms. The number of fused-ring (bicyclic) bond motifs is 1. The zero-order chi connectivity index (χ0) is 16.0. The third-order valence-corrected chi connectivity index (χ3v) is 4.90. The molecule has 23 heavy (non-hydrogen) atoms. The standard InChI is InChI=1S/C18H19N3O2/c1-11-18(21-17(19)23-11)8-12-4-3-5-14(15(12)9-18)13-6-7-16(22-2)20-10-13/h3-7,10-11H,8-9H2,1-2H3,(H2,19,21)/t11-,18-/m1/s1. The molecule has 0 unspecified atom stereocenters. The van der Waals surface area contributed by atoms with Gasteiger partial charge in [-0.1, -0.05) is 18.2 Å². The molecule has 1 aromatic heterocycles. The lowest BCUT2D eigenvalue weighted by Gasteiger charge is -2.23. The van der Waals surface area contributed by atoms with Crippen LogP contribution < -0.4 is 10.5 Å².